The Hall–Kier alpha value is -2.98. The van der Waals surface area contributed by atoms with E-state index in [9.17, 15) is 9.59 Å². The lowest BCUT2D eigenvalue weighted by molar-refractivity contribution is 0.0458. The second-order valence-electron chi connectivity index (χ2n) is 4.68. The molecule has 0 fully saturated rings. The zero-order chi connectivity index (χ0) is 16.2. The monoisotopic (exact) mass is 325 g/mol. The van der Waals surface area contributed by atoms with E-state index < -0.39 is 5.97 Å². The topological polar surface area (TPSA) is 85.0 Å². The molecule has 7 heteroatoms. The Bertz CT molecular complexity index is 955. The van der Waals surface area contributed by atoms with Crippen LogP contribution >= 0.6 is 11.3 Å². The van der Waals surface area contributed by atoms with E-state index in [1.165, 1.54) is 15.9 Å². The van der Waals surface area contributed by atoms with Crippen LogP contribution in [0.1, 0.15) is 16.2 Å². The first-order valence-corrected chi connectivity index (χ1v) is 7.69. The number of thiophene rings is 1. The summed E-state index contributed by atoms with van der Waals surface area (Å²) in [6.45, 7) is -0.321. The maximum atomic E-state index is 12.4. The minimum Gasteiger partial charge on any atom is -0.454 e. The van der Waals surface area contributed by atoms with Gasteiger partial charge in [-0.25, -0.2) is 9.78 Å². The standard InChI is InChI=1S/C16H11N3O3S/c17-6-7-19-14(9-22-16(21)11-5-8-23-10-11)18-13-4-2-1-3-12(13)15(19)20/h1-5,8,10H,7,9H2. The summed E-state index contributed by atoms with van der Waals surface area (Å²) >= 11 is 1.39. The zero-order valence-corrected chi connectivity index (χ0v) is 12.7. The first-order chi connectivity index (χ1) is 11.2. The highest BCUT2D eigenvalue weighted by Gasteiger charge is 2.13. The highest BCUT2D eigenvalue weighted by molar-refractivity contribution is 7.08. The summed E-state index contributed by atoms with van der Waals surface area (Å²) in [6.07, 6.45) is 0. The minimum absolute atomic E-state index is 0.151. The molecule has 0 unspecified atom stereocenters. The molecule has 0 aliphatic heterocycles. The number of rotatable bonds is 4. The molecule has 0 radical (unpaired) electrons. The number of nitrogens with zero attached hydrogens (tertiary/aromatic N) is 3. The van der Waals surface area contributed by atoms with E-state index in [-0.39, 0.29) is 24.5 Å². The number of para-hydroxylation sites is 1. The van der Waals surface area contributed by atoms with Gasteiger partial charge in [-0.1, -0.05) is 12.1 Å². The van der Waals surface area contributed by atoms with Crippen molar-refractivity contribution in [3.63, 3.8) is 0 Å². The Morgan fingerprint density at radius 2 is 2.17 bits per heavy atom. The quantitative estimate of drug-likeness (QED) is 0.687. The molecule has 114 valence electrons. The van der Waals surface area contributed by atoms with Gasteiger partial charge >= 0.3 is 5.97 Å². The van der Waals surface area contributed by atoms with Gasteiger partial charge < -0.3 is 4.74 Å². The van der Waals surface area contributed by atoms with Crippen molar-refractivity contribution in [1.82, 2.24) is 9.55 Å². The molecule has 2 heterocycles. The number of fused-ring (bicyclic) bond motifs is 1. The smallest absolute Gasteiger partial charge is 0.339 e. The largest absolute Gasteiger partial charge is 0.454 e. The Balaban J connectivity index is 1.96. The summed E-state index contributed by atoms with van der Waals surface area (Å²) in [6, 6.07) is 10.4. The van der Waals surface area contributed by atoms with Crippen LogP contribution in [-0.4, -0.2) is 15.5 Å². The van der Waals surface area contributed by atoms with Crippen molar-refractivity contribution in [3.05, 3.63) is 62.8 Å². The van der Waals surface area contributed by atoms with Crippen LogP contribution in [0.3, 0.4) is 0 Å². The number of esters is 1. The van der Waals surface area contributed by atoms with E-state index in [0.29, 0.717) is 16.5 Å². The lowest BCUT2D eigenvalue weighted by Crippen LogP contribution is -2.26. The fraction of sp³-hybridized carbons (Fsp3) is 0.125. The van der Waals surface area contributed by atoms with E-state index in [4.69, 9.17) is 10.00 Å². The van der Waals surface area contributed by atoms with Gasteiger partial charge in [-0.2, -0.15) is 16.6 Å². The van der Waals surface area contributed by atoms with Gasteiger partial charge in [-0.05, 0) is 23.6 Å². The van der Waals surface area contributed by atoms with Crippen molar-refractivity contribution < 1.29 is 9.53 Å². The molecule has 0 N–H and O–H groups in total. The lowest BCUT2D eigenvalue weighted by Gasteiger charge is -2.11. The van der Waals surface area contributed by atoms with Crippen molar-refractivity contribution in [2.45, 2.75) is 13.2 Å². The minimum atomic E-state index is -0.489. The van der Waals surface area contributed by atoms with E-state index in [1.54, 1.807) is 41.1 Å². The van der Waals surface area contributed by atoms with Crippen LogP contribution in [0, 0.1) is 11.3 Å². The molecular formula is C16H11N3O3S. The summed E-state index contributed by atoms with van der Waals surface area (Å²) < 4.78 is 6.42. The van der Waals surface area contributed by atoms with Crippen LogP contribution in [-0.2, 0) is 17.9 Å². The van der Waals surface area contributed by atoms with Gasteiger partial charge in [0.05, 0.1) is 22.5 Å². The van der Waals surface area contributed by atoms with Crippen molar-refractivity contribution >= 4 is 28.2 Å². The Labute approximate surface area is 135 Å². The van der Waals surface area contributed by atoms with Gasteiger partial charge in [0, 0.05) is 5.38 Å². The molecule has 0 aliphatic carbocycles. The van der Waals surface area contributed by atoms with Crippen molar-refractivity contribution in [2.24, 2.45) is 0 Å². The Kier molecular flexibility index (Phi) is 4.17. The van der Waals surface area contributed by atoms with E-state index in [1.807, 2.05) is 6.07 Å². The summed E-state index contributed by atoms with van der Waals surface area (Å²) in [4.78, 5) is 28.7. The number of benzene rings is 1. The van der Waals surface area contributed by atoms with Crippen LogP contribution < -0.4 is 5.56 Å². The molecule has 3 aromatic rings. The average molecular weight is 325 g/mol. The molecule has 0 atom stereocenters. The number of nitriles is 1. The van der Waals surface area contributed by atoms with Crippen molar-refractivity contribution in [3.8, 4) is 6.07 Å². The third kappa shape index (κ3) is 2.98. The van der Waals surface area contributed by atoms with Crippen LogP contribution in [0.15, 0.2) is 45.9 Å². The predicted molar refractivity (Wildman–Crippen MR) is 85.1 cm³/mol. The summed E-state index contributed by atoms with van der Waals surface area (Å²) in [7, 11) is 0. The average Bonchev–Trinajstić information content (AvgIpc) is 3.10. The van der Waals surface area contributed by atoms with E-state index >= 15 is 0 Å². The molecule has 3 rings (SSSR count). The molecule has 0 spiro atoms. The van der Waals surface area contributed by atoms with Gasteiger partial charge in [0.25, 0.3) is 5.56 Å². The summed E-state index contributed by atoms with van der Waals surface area (Å²) in [5.74, 6) is -0.240. The highest BCUT2D eigenvalue weighted by Crippen LogP contribution is 2.11. The SMILES string of the molecule is N#CCn1c(COC(=O)c2ccsc2)nc2ccccc2c1=O. The molecule has 6 nitrogen and oxygen atoms in total. The van der Waals surface area contributed by atoms with E-state index in [0.717, 1.165) is 0 Å². The van der Waals surface area contributed by atoms with Gasteiger partial charge in [0.2, 0.25) is 0 Å². The third-order valence-electron chi connectivity index (χ3n) is 3.26. The van der Waals surface area contributed by atoms with E-state index in [2.05, 4.69) is 4.98 Å². The molecule has 0 aliphatic rings. The molecule has 2 aromatic heterocycles. The predicted octanol–water partition coefficient (Wildman–Crippen LogP) is 2.34. The number of carbonyl (C=O) groups is 1. The van der Waals surface area contributed by atoms with Crippen LogP contribution in [0.2, 0.25) is 0 Å². The number of aromatic nitrogens is 2. The number of ether oxygens (including phenoxy) is 1. The van der Waals surface area contributed by atoms with Crippen LogP contribution in [0.4, 0.5) is 0 Å². The van der Waals surface area contributed by atoms with Crippen molar-refractivity contribution in [2.75, 3.05) is 0 Å². The van der Waals surface area contributed by atoms with Gasteiger partial charge in [-0.15, -0.1) is 0 Å². The molecule has 0 saturated carbocycles. The first-order valence-electron chi connectivity index (χ1n) is 6.75. The number of carbonyl (C=O) groups excluding carboxylic acids is 1. The molecule has 1 aromatic carbocycles. The zero-order valence-electron chi connectivity index (χ0n) is 11.9. The second kappa shape index (κ2) is 6.42. The van der Waals surface area contributed by atoms with Gasteiger partial charge in [-0.3, -0.25) is 9.36 Å². The number of hydrogen-bond acceptors (Lipinski definition) is 6. The van der Waals surface area contributed by atoms with Crippen LogP contribution in [0.25, 0.3) is 10.9 Å². The molecule has 0 saturated heterocycles. The fourth-order valence-corrected chi connectivity index (χ4v) is 2.78. The van der Waals surface area contributed by atoms with Gasteiger partial charge in [0.1, 0.15) is 13.2 Å². The molecule has 0 amide bonds. The molecular weight excluding hydrogens is 314 g/mol. The second-order valence-corrected chi connectivity index (χ2v) is 5.46. The molecule has 23 heavy (non-hydrogen) atoms. The normalized spacial score (nSPS) is 10.4. The summed E-state index contributed by atoms with van der Waals surface area (Å²) in [5.41, 5.74) is 0.636. The highest BCUT2D eigenvalue weighted by atomic mass is 32.1. The summed E-state index contributed by atoms with van der Waals surface area (Å²) in [5, 5.41) is 12.8. The van der Waals surface area contributed by atoms with Gasteiger partial charge in [0.15, 0.2) is 5.82 Å². The van der Waals surface area contributed by atoms with Crippen molar-refractivity contribution in [1.29, 1.82) is 5.26 Å². The number of hydrogen-bond donors (Lipinski definition) is 0. The molecule has 0 bridgehead atoms. The Morgan fingerprint density at radius 1 is 1.35 bits per heavy atom. The van der Waals surface area contributed by atoms with Crippen LogP contribution in [0.5, 0.6) is 0 Å². The maximum absolute atomic E-state index is 12.4. The fourth-order valence-electron chi connectivity index (χ4n) is 2.15. The lowest BCUT2D eigenvalue weighted by atomic mass is 10.2. The maximum Gasteiger partial charge on any atom is 0.339 e. The third-order valence-corrected chi connectivity index (χ3v) is 3.94. The first kappa shape index (κ1) is 14.9. The Morgan fingerprint density at radius 3 is 2.91 bits per heavy atom.